The molecule has 1 unspecified atom stereocenters. The molecule has 0 saturated heterocycles. The summed E-state index contributed by atoms with van der Waals surface area (Å²) in [5.74, 6) is 0.702. The first-order chi connectivity index (χ1) is 19.8. The van der Waals surface area contributed by atoms with Crippen LogP contribution in [-0.2, 0) is 0 Å². The molecule has 0 bridgehead atoms. The van der Waals surface area contributed by atoms with E-state index in [1.54, 1.807) is 0 Å². The van der Waals surface area contributed by atoms with Gasteiger partial charge in [0.2, 0.25) is 6.29 Å². The quantitative estimate of drug-likeness (QED) is 0.255. The number of para-hydroxylation sites is 1. The Balaban J connectivity index is 1.53. The molecule has 7 aromatic rings. The molecule has 1 atom stereocenters. The Hall–Kier alpha value is -5.12. The van der Waals surface area contributed by atoms with Crippen LogP contribution in [0.1, 0.15) is 11.9 Å². The number of rotatable bonds is 3. The average Bonchev–Trinajstić information content (AvgIpc) is 3.36. The van der Waals surface area contributed by atoms with E-state index in [1.165, 1.54) is 10.9 Å². The lowest BCUT2D eigenvalue weighted by Gasteiger charge is -2.28. The van der Waals surface area contributed by atoms with Gasteiger partial charge in [-0.25, -0.2) is 0 Å². The van der Waals surface area contributed by atoms with Crippen molar-refractivity contribution in [1.29, 1.82) is 0 Å². The summed E-state index contributed by atoms with van der Waals surface area (Å²) in [6, 6.07) is 48.3. The molecule has 0 spiro atoms. The molecular formula is C37H25NO2. The molecule has 0 amide bonds. The fourth-order valence-corrected chi connectivity index (χ4v) is 6.15. The summed E-state index contributed by atoms with van der Waals surface area (Å²) in [5.41, 5.74) is 10.4. The van der Waals surface area contributed by atoms with Crippen molar-refractivity contribution in [2.75, 3.05) is 0 Å². The zero-order valence-corrected chi connectivity index (χ0v) is 21.7. The standard InChI is InChI=1S/C37H25NO2/c39-37-30-20-8-7-19-29(30)34-35-32(23-31(36(34)40-37)25-14-5-2-6-15-25)28-18-9-10-21-33(28)38(35)27-17-11-16-26(22-27)24-12-3-1-4-13-24/h1-23,37,39H. The molecule has 0 radical (unpaired) electrons. The third kappa shape index (κ3) is 3.42. The molecule has 3 heteroatoms. The maximum Gasteiger partial charge on any atom is 0.224 e. The van der Waals surface area contributed by atoms with Crippen LogP contribution >= 0.6 is 0 Å². The fraction of sp³-hybridized carbons (Fsp3) is 0.0270. The van der Waals surface area contributed by atoms with Gasteiger partial charge in [-0.2, -0.15) is 0 Å². The van der Waals surface area contributed by atoms with Gasteiger partial charge >= 0.3 is 0 Å². The highest BCUT2D eigenvalue weighted by atomic mass is 16.6. The Kier molecular flexibility index (Phi) is 5.12. The summed E-state index contributed by atoms with van der Waals surface area (Å²) in [7, 11) is 0. The van der Waals surface area contributed by atoms with Crippen molar-refractivity contribution in [3.8, 4) is 44.8 Å². The van der Waals surface area contributed by atoms with E-state index >= 15 is 0 Å². The van der Waals surface area contributed by atoms with Crippen LogP contribution in [0.3, 0.4) is 0 Å². The van der Waals surface area contributed by atoms with Crippen molar-refractivity contribution in [1.82, 2.24) is 4.57 Å². The van der Waals surface area contributed by atoms with Gasteiger partial charge in [-0.3, -0.25) is 0 Å². The van der Waals surface area contributed by atoms with E-state index in [0.29, 0.717) is 5.75 Å². The first-order valence-electron chi connectivity index (χ1n) is 13.5. The number of nitrogens with zero attached hydrogens (tertiary/aromatic N) is 1. The number of aliphatic hydroxyl groups excluding tert-OH is 1. The van der Waals surface area contributed by atoms with E-state index in [-0.39, 0.29) is 0 Å². The van der Waals surface area contributed by atoms with Gasteiger partial charge in [0.15, 0.2) is 0 Å². The molecule has 3 nitrogen and oxygen atoms in total. The molecule has 1 aromatic heterocycles. The van der Waals surface area contributed by atoms with Gasteiger partial charge in [-0.05, 0) is 46.5 Å². The fourth-order valence-electron chi connectivity index (χ4n) is 6.15. The van der Waals surface area contributed by atoms with Gasteiger partial charge in [-0.15, -0.1) is 0 Å². The molecule has 1 N–H and O–H groups in total. The van der Waals surface area contributed by atoms with Crippen LogP contribution < -0.4 is 4.74 Å². The average molecular weight is 516 g/mol. The van der Waals surface area contributed by atoms with E-state index in [9.17, 15) is 5.11 Å². The summed E-state index contributed by atoms with van der Waals surface area (Å²) >= 11 is 0. The first kappa shape index (κ1) is 22.8. The number of hydrogen-bond acceptors (Lipinski definition) is 2. The van der Waals surface area contributed by atoms with Gasteiger partial charge < -0.3 is 14.4 Å². The van der Waals surface area contributed by atoms with Crippen molar-refractivity contribution in [2.45, 2.75) is 6.29 Å². The molecule has 8 rings (SSSR count). The van der Waals surface area contributed by atoms with Crippen molar-refractivity contribution in [2.24, 2.45) is 0 Å². The van der Waals surface area contributed by atoms with Gasteiger partial charge in [0.05, 0.1) is 11.0 Å². The molecule has 0 saturated carbocycles. The lowest BCUT2D eigenvalue weighted by molar-refractivity contribution is -0.0207. The Morgan fingerprint density at radius 2 is 1.23 bits per heavy atom. The number of aliphatic hydroxyl groups is 1. The predicted octanol–water partition coefficient (Wildman–Crippen LogP) is 9.17. The summed E-state index contributed by atoms with van der Waals surface area (Å²) in [4.78, 5) is 0. The van der Waals surface area contributed by atoms with Gasteiger partial charge in [0.25, 0.3) is 0 Å². The van der Waals surface area contributed by atoms with E-state index in [2.05, 4.69) is 102 Å². The van der Waals surface area contributed by atoms with Crippen molar-refractivity contribution in [3.05, 3.63) is 145 Å². The highest BCUT2D eigenvalue weighted by Gasteiger charge is 2.31. The smallest absolute Gasteiger partial charge is 0.224 e. The molecule has 6 aromatic carbocycles. The molecule has 190 valence electrons. The van der Waals surface area contributed by atoms with Gasteiger partial charge in [-0.1, -0.05) is 115 Å². The largest absolute Gasteiger partial charge is 0.459 e. The molecule has 1 aliphatic heterocycles. The second kappa shape index (κ2) is 8.98. The van der Waals surface area contributed by atoms with E-state index in [4.69, 9.17) is 4.74 Å². The minimum atomic E-state index is -1.04. The second-order valence-corrected chi connectivity index (χ2v) is 10.2. The first-order valence-corrected chi connectivity index (χ1v) is 13.5. The summed E-state index contributed by atoms with van der Waals surface area (Å²) in [6.07, 6.45) is -1.04. The Morgan fingerprint density at radius 3 is 2.05 bits per heavy atom. The minimum Gasteiger partial charge on any atom is -0.459 e. The molecule has 40 heavy (non-hydrogen) atoms. The molecular weight excluding hydrogens is 490 g/mol. The number of benzene rings is 6. The molecule has 0 fully saturated rings. The maximum absolute atomic E-state index is 11.1. The predicted molar refractivity (Wildman–Crippen MR) is 163 cm³/mol. The molecule has 0 aliphatic carbocycles. The summed E-state index contributed by atoms with van der Waals surface area (Å²) in [5, 5.41) is 13.4. The zero-order valence-electron chi connectivity index (χ0n) is 21.7. The highest BCUT2D eigenvalue weighted by molar-refractivity contribution is 6.17. The van der Waals surface area contributed by atoms with Crippen molar-refractivity contribution in [3.63, 3.8) is 0 Å². The van der Waals surface area contributed by atoms with Crippen LogP contribution in [0.15, 0.2) is 140 Å². The number of ether oxygens (including phenoxy) is 1. The number of aromatic nitrogens is 1. The second-order valence-electron chi connectivity index (χ2n) is 10.2. The SMILES string of the molecule is OC1Oc2c(-c3ccccc3)cc3c4ccccc4n(-c4cccc(-c5ccccc5)c4)c3c2-c2ccccc21. The zero-order chi connectivity index (χ0) is 26.6. The Labute approximate surface area is 232 Å². The van der Waals surface area contributed by atoms with Crippen molar-refractivity contribution >= 4 is 21.8 Å². The van der Waals surface area contributed by atoms with Gasteiger partial charge in [0, 0.05) is 33.2 Å². The van der Waals surface area contributed by atoms with Gasteiger partial charge in [0.1, 0.15) is 5.75 Å². The summed E-state index contributed by atoms with van der Waals surface area (Å²) < 4.78 is 8.72. The maximum atomic E-state index is 11.1. The van der Waals surface area contributed by atoms with Crippen LogP contribution in [0.5, 0.6) is 5.75 Å². The van der Waals surface area contributed by atoms with E-state index < -0.39 is 6.29 Å². The third-order valence-electron chi connectivity index (χ3n) is 7.93. The molecule has 2 heterocycles. The summed E-state index contributed by atoms with van der Waals surface area (Å²) in [6.45, 7) is 0. The number of fused-ring (bicyclic) bond motifs is 7. The number of hydrogen-bond donors (Lipinski definition) is 1. The lowest BCUT2D eigenvalue weighted by atomic mass is 9.89. The van der Waals surface area contributed by atoms with Crippen LogP contribution in [0.2, 0.25) is 0 Å². The monoisotopic (exact) mass is 515 g/mol. The Morgan fingerprint density at radius 1 is 0.550 bits per heavy atom. The van der Waals surface area contributed by atoms with E-state index in [1.807, 2.05) is 42.5 Å². The van der Waals surface area contributed by atoms with Crippen LogP contribution in [-0.4, -0.2) is 9.67 Å². The van der Waals surface area contributed by atoms with E-state index in [0.717, 1.165) is 55.5 Å². The third-order valence-corrected chi connectivity index (χ3v) is 7.93. The Bertz CT molecular complexity index is 2040. The van der Waals surface area contributed by atoms with Crippen LogP contribution in [0, 0.1) is 0 Å². The highest BCUT2D eigenvalue weighted by Crippen LogP contribution is 2.52. The molecule has 1 aliphatic rings. The van der Waals surface area contributed by atoms with Crippen LogP contribution in [0.25, 0.3) is 60.9 Å². The van der Waals surface area contributed by atoms with Crippen LogP contribution in [0.4, 0.5) is 0 Å². The topological polar surface area (TPSA) is 34.4 Å². The lowest BCUT2D eigenvalue weighted by Crippen LogP contribution is -2.14. The van der Waals surface area contributed by atoms with Crippen molar-refractivity contribution < 1.29 is 9.84 Å². The minimum absolute atomic E-state index is 0.702. The normalized spacial score (nSPS) is 14.1.